The Morgan fingerprint density at radius 1 is 1.00 bits per heavy atom. The van der Waals surface area contributed by atoms with Gasteiger partial charge in [0, 0.05) is 50.8 Å². The van der Waals surface area contributed by atoms with E-state index in [1.807, 2.05) is 72.4 Å². The third-order valence-electron chi connectivity index (χ3n) is 7.24. The summed E-state index contributed by atoms with van der Waals surface area (Å²) in [7, 11) is -0.0677. The third-order valence-corrected chi connectivity index (χ3v) is 9.02. The van der Waals surface area contributed by atoms with Gasteiger partial charge in [-0.05, 0) is 49.1 Å². The molecule has 2 heterocycles. The molecule has 2 aromatic heterocycles. The summed E-state index contributed by atoms with van der Waals surface area (Å²) in [6, 6.07) is 19.4. The van der Waals surface area contributed by atoms with Gasteiger partial charge in [-0.15, -0.1) is 0 Å². The van der Waals surface area contributed by atoms with Crippen molar-refractivity contribution in [1.29, 1.82) is 5.26 Å². The molecule has 0 bridgehead atoms. The summed E-state index contributed by atoms with van der Waals surface area (Å²) >= 11 is 0. The van der Waals surface area contributed by atoms with Crippen LogP contribution in [0.1, 0.15) is 36.1 Å². The summed E-state index contributed by atoms with van der Waals surface area (Å²) < 4.78 is 33.0. The molecule has 1 aliphatic rings. The van der Waals surface area contributed by atoms with Crippen molar-refractivity contribution < 1.29 is 8.42 Å². The maximum absolute atomic E-state index is 13.8. The average Bonchev–Trinajstić information content (AvgIpc) is 3.68. The number of hydrogen-bond donors (Lipinski definition) is 0. The number of imidazole rings is 2. The van der Waals surface area contributed by atoms with E-state index in [0.717, 1.165) is 29.8 Å². The van der Waals surface area contributed by atoms with Gasteiger partial charge in [-0.3, -0.25) is 0 Å². The SMILES string of the molecule is Cn1cnc(S(=O)(=O)N(Cc2ccccc2)[C@@H]2CC[C@@H](N(Cc3cncn3C)c3ccc(C#N)cc3)C2)c1. The minimum atomic E-state index is -3.81. The Bertz CT molecular complexity index is 1520. The predicted octanol–water partition coefficient (Wildman–Crippen LogP) is 3.84. The van der Waals surface area contributed by atoms with E-state index in [2.05, 4.69) is 20.9 Å². The first-order valence-electron chi connectivity index (χ1n) is 12.6. The number of rotatable bonds is 9. The van der Waals surface area contributed by atoms with Crippen molar-refractivity contribution in [2.45, 2.75) is 49.5 Å². The van der Waals surface area contributed by atoms with Gasteiger partial charge in [0.1, 0.15) is 0 Å². The Hall–Kier alpha value is -3.94. The van der Waals surface area contributed by atoms with Gasteiger partial charge in [-0.25, -0.2) is 18.4 Å². The molecule has 0 unspecified atom stereocenters. The topological polar surface area (TPSA) is 100 Å². The number of sulfonamides is 1. The molecule has 0 aliphatic heterocycles. The Morgan fingerprint density at radius 2 is 1.74 bits per heavy atom. The molecule has 10 heteroatoms. The Morgan fingerprint density at radius 3 is 2.37 bits per heavy atom. The Balaban J connectivity index is 1.46. The molecule has 0 N–H and O–H groups in total. The second kappa shape index (κ2) is 10.8. The fourth-order valence-corrected chi connectivity index (χ4v) is 6.79. The lowest BCUT2D eigenvalue weighted by Crippen LogP contribution is -2.40. The summed E-state index contributed by atoms with van der Waals surface area (Å²) in [6.07, 6.45) is 8.97. The highest BCUT2D eigenvalue weighted by molar-refractivity contribution is 7.89. The zero-order valence-corrected chi connectivity index (χ0v) is 22.4. The standard InChI is InChI=1S/C28H31N7O2S/c1-32-19-28(31-21-32)38(36,37)35(17-23-6-4-3-5-7-23)26-13-12-25(14-26)34(18-27-16-30-20-33(27)2)24-10-8-22(15-29)9-11-24/h3-11,16,19-21,25-26H,12-14,17-18H2,1-2H3/t25-,26-/m1/s1. The van der Waals surface area contributed by atoms with Crippen molar-refractivity contribution >= 4 is 15.7 Å². The highest BCUT2D eigenvalue weighted by Crippen LogP contribution is 2.35. The monoisotopic (exact) mass is 529 g/mol. The van der Waals surface area contributed by atoms with Crippen molar-refractivity contribution in [2.75, 3.05) is 4.90 Å². The molecule has 1 saturated carbocycles. The van der Waals surface area contributed by atoms with Gasteiger partial charge in [0.2, 0.25) is 0 Å². The third kappa shape index (κ3) is 5.35. The molecule has 0 saturated heterocycles. The molecule has 5 rings (SSSR count). The fourth-order valence-electron chi connectivity index (χ4n) is 5.17. The summed E-state index contributed by atoms with van der Waals surface area (Å²) in [6.45, 7) is 0.918. The van der Waals surface area contributed by atoms with Crippen LogP contribution in [-0.4, -0.2) is 43.9 Å². The maximum atomic E-state index is 13.8. The first kappa shape index (κ1) is 25.7. The van der Waals surface area contributed by atoms with Crippen LogP contribution in [0.2, 0.25) is 0 Å². The fraction of sp³-hybridized carbons (Fsp3) is 0.321. The number of hydrogen-bond acceptors (Lipinski definition) is 6. The molecule has 0 amide bonds. The van der Waals surface area contributed by atoms with Crippen LogP contribution in [0.5, 0.6) is 0 Å². The zero-order valence-electron chi connectivity index (χ0n) is 21.6. The lowest BCUT2D eigenvalue weighted by atomic mass is 10.1. The van der Waals surface area contributed by atoms with E-state index in [0.29, 0.717) is 18.5 Å². The van der Waals surface area contributed by atoms with Crippen LogP contribution in [0.4, 0.5) is 5.69 Å². The van der Waals surface area contributed by atoms with Crippen molar-refractivity contribution in [1.82, 2.24) is 23.4 Å². The molecule has 196 valence electrons. The van der Waals surface area contributed by atoms with Gasteiger partial charge >= 0.3 is 0 Å². The van der Waals surface area contributed by atoms with Crippen LogP contribution in [-0.2, 0) is 37.2 Å². The molecule has 1 aliphatic carbocycles. The number of nitrogens with zero attached hydrogens (tertiary/aromatic N) is 7. The van der Waals surface area contributed by atoms with Crippen molar-refractivity contribution in [2.24, 2.45) is 14.1 Å². The van der Waals surface area contributed by atoms with E-state index in [1.54, 1.807) is 28.4 Å². The van der Waals surface area contributed by atoms with Gasteiger partial charge in [0.05, 0.1) is 36.5 Å². The number of benzene rings is 2. The largest absolute Gasteiger partial charge is 0.363 e. The number of aryl methyl sites for hydroxylation is 2. The van der Waals surface area contributed by atoms with E-state index >= 15 is 0 Å². The van der Waals surface area contributed by atoms with Crippen LogP contribution >= 0.6 is 0 Å². The number of anilines is 1. The summed E-state index contributed by atoms with van der Waals surface area (Å²) in [5.74, 6) is 0. The Labute approximate surface area is 223 Å². The average molecular weight is 530 g/mol. The van der Waals surface area contributed by atoms with E-state index in [9.17, 15) is 13.7 Å². The molecule has 0 radical (unpaired) electrons. The highest BCUT2D eigenvalue weighted by atomic mass is 32.2. The quantitative estimate of drug-likeness (QED) is 0.327. The second-order valence-corrected chi connectivity index (χ2v) is 11.7. The molecular weight excluding hydrogens is 498 g/mol. The number of nitriles is 1. The van der Waals surface area contributed by atoms with Crippen LogP contribution < -0.4 is 4.90 Å². The van der Waals surface area contributed by atoms with E-state index in [1.165, 1.54) is 6.33 Å². The van der Waals surface area contributed by atoms with Crippen molar-refractivity contribution in [3.05, 3.63) is 96.5 Å². The molecule has 9 nitrogen and oxygen atoms in total. The van der Waals surface area contributed by atoms with Crippen LogP contribution in [0.25, 0.3) is 0 Å². The lowest BCUT2D eigenvalue weighted by Gasteiger charge is -2.33. The molecule has 38 heavy (non-hydrogen) atoms. The molecule has 2 aromatic carbocycles. The highest BCUT2D eigenvalue weighted by Gasteiger charge is 2.39. The van der Waals surface area contributed by atoms with Gasteiger partial charge in [-0.2, -0.15) is 9.57 Å². The summed E-state index contributed by atoms with van der Waals surface area (Å²) in [5, 5.41) is 9.33. The second-order valence-electron chi connectivity index (χ2n) is 9.82. The first-order chi connectivity index (χ1) is 18.3. The van der Waals surface area contributed by atoms with Crippen LogP contribution in [0, 0.1) is 11.3 Å². The molecule has 1 fully saturated rings. The minimum absolute atomic E-state index is 0.0678. The lowest BCUT2D eigenvalue weighted by molar-refractivity contribution is 0.311. The van der Waals surface area contributed by atoms with Crippen molar-refractivity contribution in [3.63, 3.8) is 0 Å². The number of aromatic nitrogens is 4. The van der Waals surface area contributed by atoms with Crippen LogP contribution in [0.3, 0.4) is 0 Å². The first-order valence-corrected chi connectivity index (χ1v) is 14.0. The van der Waals surface area contributed by atoms with Crippen LogP contribution in [0.15, 0.2) is 84.7 Å². The van der Waals surface area contributed by atoms with Gasteiger partial charge in [0.15, 0.2) is 5.03 Å². The summed E-state index contributed by atoms with van der Waals surface area (Å²) in [4.78, 5) is 10.8. The zero-order chi connectivity index (χ0) is 26.7. The van der Waals surface area contributed by atoms with E-state index in [4.69, 9.17) is 0 Å². The van der Waals surface area contributed by atoms with Crippen molar-refractivity contribution in [3.8, 4) is 6.07 Å². The van der Waals surface area contributed by atoms with E-state index < -0.39 is 10.0 Å². The minimum Gasteiger partial charge on any atom is -0.363 e. The van der Waals surface area contributed by atoms with Gasteiger partial charge in [-0.1, -0.05) is 30.3 Å². The molecule has 4 aromatic rings. The van der Waals surface area contributed by atoms with E-state index in [-0.39, 0.29) is 23.7 Å². The van der Waals surface area contributed by atoms with Gasteiger partial charge in [0.25, 0.3) is 10.0 Å². The maximum Gasteiger partial charge on any atom is 0.262 e. The molecule has 2 atom stereocenters. The normalized spacial score (nSPS) is 17.5. The predicted molar refractivity (Wildman–Crippen MR) is 144 cm³/mol. The summed E-state index contributed by atoms with van der Waals surface area (Å²) in [5.41, 5.74) is 3.60. The van der Waals surface area contributed by atoms with Gasteiger partial charge < -0.3 is 14.0 Å². The Kier molecular flexibility index (Phi) is 7.31. The molecule has 0 spiro atoms. The smallest absolute Gasteiger partial charge is 0.262 e. The molecular formula is C28H31N7O2S.